The predicted molar refractivity (Wildman–Crippen MR) is 117 cm³/mol. The van der Waals surface area contributed by atoms with Gasteiger partial charge in [-0.3, -0.25) is 4.79 Å². The van der Waals surface area contributed by atoms with Gasteiger partial charge in [-0.1, -0.05) is 0 Å². The number of aliphatic hydroxyl groups excluding tert-OH is 12. The highest BCUT2D eigenvalue weighted by Crippen LogP contribution is 2.28. The van der Waals surface area contributed by atoms with Gasteiger partial charge >= 0.3 is 0 Å². The normalized spacial score (nSPS) is 38.7. The first kappa shape index (κ1) is 34.6. The fourth-order valence-corrected chi connectivity index (χ4v) is 3.59. The number of carbonyl (C=O) groups excluding carboxylic acids is 2. The van der Waals surface area contributed by atoms with Crippen LogP contribution in [0.3, 0.4) is 0 Å². The molecule has 2 heterocycles. The Hall–Kier alpha value is -1.46. The molecule has 0 radical (unpaired) electrons. The Kier molecular flexibility index (Phi) is 14.5. The summed E-state index contributed by atoms with van der Waals surface area (Å²) in [6.07, 6.45) is -20.5. The standard InChI is InChI=1S/C14H25NO11.C6H12O6/c1-4(18)15-7-9(20)12(6(3-17)24-13(7)23)26-14-11(22)10(21)8(19)5(2-16)25-14;7-1-3(9)5(11)6(12)4(10)2-8/h5-14,16-17,19-23H,2-3H2,1H3,(H,15,18);1,3-6,8-12H,2H2/t5-,6-,7-,8+,9-,10+,11-,12-,13-,14+;/m1./s1. The molecule has 1 amide bonds. The molecule has 4 unspecified atom stereocenters. The number of hydrogen-bond donors (Lipinski definition) is 13. The summed E-state index contributed by atoms with van der Waals surface area (Å²) in [4.78, 5) is 21.1. The molecule has 2 aliphatic rings. The van der Waals surface area contributed by atoms with Crippen LogP contribution >= 0.6 is 0 Å². The van der Waals surface area contributed by atoms with E-state index >= 15 is 0 Å². The van der Waals surface area contributed by atoms with Gasteiger partial charge in [0.1, 0.15) is 73.2 Å². The number of amides is 1. The Bertz CT molecular complexity index is 715. The molecule has 0 aromatic carbocycles. The summed E-state index contributed by atoms with van der Waals surface area (Å²) in [6.45, 7) is -0.955. The van der Waals surface area contributed by atoms with E-state index in [1.54, 1.807) is 0 Å². The highest BCUT2D eigenvalue weighted by Gasteiger charge is 2.50. The number of aldehydes is 1. The van der Waals surface area contributed by atoms with E-state index in [9.17, 15) is 45.3 Å². The largest absolute Gasteiger partial charge is 0.394 e. The average Bonchev–Trinajstić information content (AvgIpc) is 2.90. The van der Waals surface area contributed by atoms with Crippen molar-refractivity contribution in [3.63, 3.8) is 0 Å². The molecule has 0 bridgehead atoms. The zero-order chi connectivity index (χ0) is 29.3. The summed E-state index contributed by atoms with van der Waals surface area (Å²) < 4.78 is 15.7. The first-order valence-corrected chi connectivity index (χ1v) is 11.4. The van der Waals surface area contributed by atoms with Crippen LogP contribution in [0.25, 0.3) is 0 Å². The van der Waals surface area contributed by atoms with E-state index in [4.69, 9.17) is 39.7 Å². The molecule has 14 atom stereocenters. The van der Waals surface area contributed by atoms with Crippen molar-refractivity contribution in [3.8, 4) is 0 Å². The molecule has 224 valence electrons. The minimum atomic E-state index is -1.79. The lowest BCUT2D eigenvalue weighted by Gasteiger charge is -2.46. The topological polar surface area (TPSA) is 317 Å². The van der Waals surface area contributed by atoms with Crippen molar-refractivity contribution in [1.82, 2.24) is 5.32 Å². The Morgan fingerprint density at radius 1 is 0.868 bits per heavy atom. The number of ether oxygens (including phenoxy) is 3. The molecule has 2 rings (SSSR count). The first-order valence-electron chi connectivity index (χ1n) is 11.4. The van der Waals surface area contributed by atoms with Gasteiger partial charge in [0.05, 0.1) is 19.8 Å². The molecule has 0 aromatic rings. The molecule has 2 aliphatic heterocycles. The molecular formula is C20H37NO17. The molecule has 2 saturated heterocycles. The van der Waals surface area contributed by atoms with Crippen molar-refractivity contribution in [2.75, 3.05) is 19.8 Å². The van der Waals surface area contributed by atoms with Gasteiger partial charge in [-0.15, -0.1) is 0 Å². The Morgan fingerprint density at radius 3 is 1.92 bits per heavy atom. The third kappa shape index (κ3) is 8.78. The highest BCUT2D eigenvalue weighted by molar-refractivity contribution is 5.73. The number of rotatable bonds is 10. The number of aliphatic hydroxyl groups is 12. The van der Waals surface area contributed by atoms with E-state index in [0.29, 0.717) is 0 Å². The average molecular weight is 564 g/mol. The van der Waals surface area contributed by atoms with E-state index in [0.717, 1.165) is 6.92 Å². The summed E-state index contributed by atoms with van der Waals surface area (Å²) in [5.74, 6) is -0.564. The molecule has 38 heavy (non-hydrogen) atoms. The molecule has 0 aromatic heterocycles. The molecule has 0 saturated carbocycles. The molecule has 2 fully saturated rings. The quantitative estimate of drug-likeness (QED) is 0.110. The van der Waals surface area contributed by atoms with Gasteiger partial charge in [-0.05, 0) is 0 Å². The van der Waals surface area contributed by atoms with Crippen LogP contribution in [0.5, 0.6) is 0 Å². The van der Waals surface area contributed by atoms with Gasteiger partial charge in [0.15, 0.2) is 18.9 Å². The van der Waals surface area contributed by atoms with Crippen molar-refractivity contribution in [1.29, 1.82) is 0 Å². The first-order chi connectivity index (χ1) is 17.7. The molecule has 0 spiro atoms. The summed E-state index contributed by atoms with van der Waals surface area (Å²) in [7, 11) is 0. The molecule has 18 nitrogen and oxygen atoms in total. The fraction of sp³-hybridized carbons (Fsp3) is 0.900. The summed E-state index contributed by atoms with van der Waals surface area (Å²) in [5.41, 5.74) is 0. The van der Waals surface area contributed by atoms with E-state index in [2.05, 4.69) is 5.32 Å². The maximum absolute atomic E-state index is 11.2. The number of nitrogens with one attached hydrogen (secondary N) is 1. The second kappa shape index (κ2) is 16.0. The lowest BCUT2D eigenvalue weighted by atomic mass is 9.95. The molecular weight excluding hydrogens is 526 g/mol. The van der Waals surface area contributed by atoms with Crippen LogP contribution in [0.15, 0.2) is 0 Å². The summed E-state index contributed by atoms with van der Waals surface area (Å²) >= 11 is 0. The van der Waals surface area contributed by atoms with Crippen LogP contribution in [-0.4, -0.2) is 179 Å². The maximum atomic E-state index is 11.2. The van der Waals surface area contributed by atoms with Gasteiger partial charge in [-0.2, -0.15) is 0 Å². The van der Waals surface area contributed by atoms with Gasteiger partial charge in [0.25, 0.3) is 0 Å². The van der Waals surface area contributed by atoms with Gasteiger partial charge in [-0.25, -0.2) is 0 Å². The van der Waals surface area contributed by atoms with Crippen molar-refractivity contribution in [3.05, 3.63) is 0 Å². The smallest absolute Gasteiger partial charge is 0.217 e. The van der Waals surface area contributed by atoms with Crippen LogP contribution in [-0.2, 0) is 23.8 Å². The van der Waals surface area contributed by atoms with E-state index in [1.165, 1.54) is 0 Å². The van der Waals surface area contributed by atoms with E-state index in [1.807, 2.05) is 0 Å². The molecule has 18 heteroatoms. The van der Waals surface area contributed by atoms with E-state index in [-0.39, 0.29) is 6.29 Å². The zero-order valence-corrected chi connectivity index (χ0v) is 20.2. The third-order valence-electron chi connectivity index (χ3n) is 5.80. The third-order valence-corrected chi connectivity index (χ3v) is 5.80. The van der Waals surface area contributed by atoms with Crippen LogP contribution in [0.2, 0.25) is 0 Å². The molecule has 13 N–H and O–H groups in total. The monoisotopic (exact) mass is 563 g/mol. The van der Waals surface area contributed by atoms with E-state index < -0.39 is 111 Å². The van der Waals surface area contributed by atoms with Crippen molar-refractivity contribution in [2.24, 2.45) is 0 Å². The summed E-state index contributed by atoms with van der Waals surface area (Å²) in [5, 5.41) is 114. The fourth-order valence-electron chi connectivity index (χ4n) is 3.59. The Labute approximate surface area is 215 Å². The second-order valence-corrected chi connectivity index (χ2v) is 8.62. The number of hydrogen-bond acceptors (Lipinski definition) is 17. The zero-order valence-electron chi connectivity index (χ0n) is 20.2. The SMILES string of the molecule is CC(=O)N[C@@H]1[C@@H](O)[C@H](O[C@@H]2O[C@H](CO)[C@H](O)[C@H](O)[C@H]2O)[C@@H](CO)O[C@H]1O.O=CC(O)C(O)C(O)C(O)CO. The van der Waals surface area contributed by atoms with Crippen molar-refractivity contribution in [2.45, 2.75) is 92.7 Å². The van der Waals surface area contributed by atoms with Gasteiger partial charge < -0.3 is 85.6 Å². The second-order valence-electron chi connectivity index (χ2n) is 8.62. The highest BCUT2D eigenvalue weighted by atomic mass is 16.7. The summed E-state index contributed by atoms with van der Waals surface area (Å²) in [6, 6.07) is -1.29. The number of carbonyl (C=O) groups is 2. The minimum Gasteiger partial charge on any atom is -0.394 e. The van der Waals surface area contributed by atoms with Crippen LogP contribution < -0.4 is 5.32 Å². The van der Waals surface area contributed by atoms with Crippen LogP contribution in [0.1, 0.15) is 6.92 Å². The van der Waals surface area contributed by atoms with Crippen LogP contribution in [0, 0.1) is 0 Å². The predicted octanol–water partition coefficient (Wildman–Crippen LogP) is -8.63. The maximum Gasteiger partial charge on any atom is 0.217 e. The van der Waals surface area contributed by atoms with Crippen molar-refractivity contribution < 1.29 is 85.1 Å². The lowest BCUT2D eigenvalue weighted by molar-refractivity contribution is -0.345. The van der Waals surface area contributed by atoms with Crippen molar-refractivity contribution >= 4 is 12.2 Å². The Balaban J connectivity index is 0.000000508. The van der Waals surface area contributed by atoms with Crippen LogP contribution in [0.4, 0.5) is 0 Å². The lowest BCUT2D eigenvalue weighted by Crippen LogP contribution is -2.67. The van der Waals surface area contributed by atoms with Gasteiger partial charge in [0, 0.05) is 6.92 Å². The van der Waals surface area contributed by atoms with Gasteiger partial charge in [0.2, 0.25) is 5.91 Å². The minimum absolute atomic E-state index is 0.0258. The molecule has 0 aliphatic carbocycles. The Morgan fingerprint density at radius 2 is 1.45 bits per heavy atom.